The van der Waals surface area contributed by atoms with Gasteiger partial charge in [0.1, 0.15) is 5.78 Å². The third-order valence-electron chi connectivity index (χ3n) is 4.15. The van der Waals surface area contributed by atoms with E-state index >= 15 is 0 Å². The molecule has 2 rings (SSSR count). The molecular formula is C12H21BO3. The Balaban J connectivity index is 1.78. The molecule has 0 amide bonds. The van der Waals surface area contributed by atoms with Crippen molar-refractivity contribution in [3.63, 3.8) is 0 Å². The van der Waals surface area contributed by atoms with Crippen molar-refractivity contribution in [1.82, 2.24) is 0 Å². The van der Waals surface area contributed by atoms with Gasteiger partial charge in [-0.2, -0.15) is 0 Å². The van der Waals surface area contributed by atoms with Crippen molar-refractivity contribution in [3.8, 4) is 0 Å². The molecule has 16 heavy (non-hydrogen) atoms. The van der Waals surface area contributed by atoms with Crippen LogP contribution < -0.4 is 0 Å². The van der Waals surface area contributed by atoms with Crippen LogP contribution in [0.2, 0.25) is 6.32 Å². The van der Waals surface area contributed by atoms with E-state index in [0.29, 0.717) is 11.7 Å². The highest BCUT2D eigenvalue weighted by atomic mass is 16.7. The highest BCUT2D eigenvalue weighted by molar-refractivity contribution is 6.45. The summed E-state index contributed by atoms with van der Waals surface area (Å²) >= 11 is 0. The predicted octanol–water partition coefficient (Wildman–Crippen LogP) is 2.45. The van der Waals surface area contributed by atoms with E-state index in [4.69, 9.17) is 9.31 Å². The molecule has 0 aromatic heterocycles. The van der Waals surface area contributed by atoms with Gasteiger partial charge in [-0.15, -0.1) is 0 Å². The first-order chi connectivity index (χ1) is 7.30. The number of ketones is 1. The lowest BCUT2D eigenvalue weighted by Gasteiger charge is -2.32. The largest absolute Gasteiger partial charge is 0.457 e. The van der Waals surface area contributed by atoms with Gasteiger partial charge in [-0.25, -0.2) is 0 Å². The zero-order valence-corrected chi connectivity index (χ0v) is 10.7. The summed E-state index contributed by atoms with van der Waals surface area (Å²) in [4.78, 5) is 10.8. The lowest BCUT2D eigenvalue weighted by atomic mass is 9.73. The van der Waals surface area contributed by atoms with Gasteiger partial charge in [-0.3, -0.25) is 4.79 Å². The number of rotatable bonds is 3. The summed E-state index contributed by atoms with van der Waals surface area (Å²) in [6, 6.07) is 0. The number of carbonyl (C=O) groups is 1. The molecule has 3 nitrogen and oxygen atoms in total. The number of hydrogen-bond donors (Lipinski definition) is 0. The van der Waals surface area contributed by atoms with E-state index in [1.54, 1.807) is 0 Å². The maximum atomic E-state index is 10.8. The van der Waals surface area contributed by atoms with E-state index in [1.165, 1.54) is 0 Å². The van der Waals surface area contributed by atoms with Crippen LogP contribution in [0.25, 0.3) is 0 Å². The molecule has 0 N–H and O–H groups in total. The Kier molecular flexibility index (Phi) is 2.91. The maximum Gasteiger partial charge on any atom is 0.457 e. The van der Waals surface area contributed by atoms with Crippen LogP contribution in [0.15, 0.2) is 0 Å². The summed E-state index contributed by atoms with van der Waals surface area (Å²) in [5.74, 6) is 0.977. The minimum Gasteiger partial charge on any atom is -0.403 e. The Morgan fingerprint density at radius 3 is 2.12 bits per heavy atom. The van der Waals surface area contributed by atoms with Crippen LogP contribution in [0, 0.1) is 5.92 Å². The van der Waals surface area contributed by atoms with Crippen molar-refractivity contribution in [1.29, 1.82) is 0 Å². The highest BCUT2D eigenvalue weighted by Crippen LogP contribution is 2.39. The minimum absolute atomic E-state index is 0.0966. The van der Waals surface area contributed by atoms with Crippen LogP contribution in [-0.2, 0) is 14.1 Å². The summed E-state index contributed by atoms with van der Waals surface area (Å²) in [6.07, 6.45) is 3.48. The van der Waals surface area contributed by atoms with Gasteiger partial charge in [0.05, 0.1) is 11.2 Å². The van der Waals surface area contributed by atoms with Crippen molar-refractivity contribution >= 4 is 12.9 Å². The van der Waals surface area contributed by atoms with E-state index in [2.05, 4.69) is 27.7 Å². The maximum absolute atomic E-state index is 10.8. The summed E-state index contributed by atoms with van der Waals surface area (Å²) in [5.41, 5.74) is -0.458. The zero-order valence-electron chi connectivity index (χ0n) is 10.7. The molecule has 1 aliphatic carbocycles. The minimum atomic E-state index is -0.229. The van der Waals surface area contributed by atoms with Gasteiger partial charge in [0, 0.05) is 12.8 Å². The molecule has 1 heterocycles. The van der Waals surface area contributed by atoms with E-state index in [-0.39, 0.29) is 18.3 Å². The normalized spacial score (nSPS) is 28.2. The molecule has 1 saturated carbocycles. The summed E-state index contributed by atoms with van der Waals surface area (Å²) in [7, 11) is -0.0966. The molecule has 0 aromatic carbocycles. The Bertz CT molecular complexity index is 275. The van der Waals surface area contributed by atoms with Crippen molar-refractivity contribution in [3.05, 3.63) is 0 Å². The molecule has 90 valence electrons. The van der Waals surface area contributed by atoms with Gasteiger partial charge in [0.25, 0.3) is 0 Å². The predicted molar refractivity (Wildman–Crippen MR) is 63.2 cm³/mol. The molecule has 0 bridgehead atoms. The van der Waals surface area contributed by atoms with E-state index in [9.17, 15) is 4.79 Å². The second-order valence-electron chi connectivity index (χ2n) is 6.08. The summed E-state index contributed by atoms with van der Waals surface area (Å²) < 4.78 is 11.8. The Morgan fingerprint density at radius 2 is 1.69 bits per heavy atom. The van der Waals surface area contributed by atoms with Gasteiger partial charge < -0.3 is 9.31 Å². The van der Waals surface area contributed by atoms with Crippen LogP contribution in [0.1, 0.15) is 47.0 Å². The third-order valence-corrected chi connectivity index (χ3v) is 4.15. The van der Waals surface area contributed by atoms with Gasteiger partial charge in [0.2, 0.25) is 0 Å². The summed E-state index contributed by atoms with van der Waals surface area (Å²) in [6.45, 7) is 8.28. The highest BCUT2D eigenvalue weighted by Gasteiger charge is 2.50. The zero-order chi connectivity index (χ0) is 12.0. The molecule has 2 aliphatic rings. The third kappa shape index (κ3) is 2.18. The number of Topliss-reactive ketones (excluding diaryl/α,β-unsaturated/α-hetero) is 1. The van der Waals surface area contributed by atoms with Crippen molar-refractivity contribution < 1.29 is 14.1 Å². The van der Waals surface area contributed by atoms with Gasteiger partial charge in [-0.05, 0) is 39.9 Å². The first kappa shape index (κ1) is 12.1. The van der Waals surface area contributed by atoms with Crippen LogP contribution in [0.3, 0.4) is 0 Å². The second-order valence-corrected chi connectivity index (χ2v) is 6.08. The molecule has 0 radical (unpaired) electrons. The standard InChI is InChI=1S/C12H21BO3/c1-11(2)12(3,4)16-13(15-11)6-5-9-7-10(14)8-9/h9H,5-8H2,1-4H3. The smallest absolute Gasteiger partial charge is 0.403 e. The van der Waals surface area contributed by atoms with Crippen LogP contribution in [-0.4, -0.2) is 24.1 Å². The van der Waals surface area contributed by atoms with Crippen LogP contribution in [0.4, 0.5) is 0 Å². The fourth-order valence-electron chi connectivity index (χ4n) is 2.24. The Labute approximate surface area is 98.0 Å². The average Bonchev–Trinajstić information content (AvgIpc) is 2.28. The molecule has 4 heteroatoms. The SMILES string of the molecule is CC1(C)OB(CCC2CC(=O)C2)OC1(C)C. The van der Waals surface area contributed by atoms with Crippen molar-refractivity contribution in [2.75, 3.05) is 0 Å². The van der Waals surface area contributed by atoms with Crippen LogP contribution in [0.5, 0.6) is 0 Å². The number of hydrogen-bond acceptors (Lipinski definition) is 3. The molecule has 1 saturated heterocycles. The molecule has 2 fully saturated rings. The van der Waals surface area contributed by atoms with Gasteiger partial charge in [0.15, 0.2) is 0 Å². The first-order valence-corrected chi connectivity index (χ1v) is 6.17. The summed E-state index contributed by atoms with van der Waals surface area (Å²) in [5, 5.41) is 0. The molecule has 1 aliphatic heterocycles. The molecular weight excluding hydrogens is 203 g/mol. The van der Waals surface area contributed by atoms with Crippen LogP contribution >= 0.6 is 0 Å². The lowest BCUT2D eigenvalue weighted by Crippen LogP contribution is -2.41. The Hall–Kier alpha value is -0.345. The second kappa shape index (κ2) is 3.85. The quantitative estimate of drug-likeness (QED) is 0.690. The fourth-order valence-corrected chi connectivity index (χ4v) is 2.24. The van der Waals surface area contributed by atoms with Gasteiger partial charge in [-0.1, -0.05) is 6.42 Å². The number of carbonyl (C=O) groups excluding carboxylic acids is 1. The molecule has 0 unspecified atom stereocenters. The van der Waals surface area contributed by atoms with E-state index < -0.39 is 0 Å². The monoisotopic (exact) mass is 224 g/mol. The van der Waals surface area contributed by atoms with E-state index in [1.807, 2.05) is 0 Å². The van der Waals surface area contributed by atoms with Crippen molar-refractivity contribution in [2.24, 2.45) is 5.92 Å². The average molecular weight is 224 g/mol. The Morgan fingerprint density at radius 1 is 1.19 bits per heavy atom. The molecule has 0 aromatic rings. The topological polar surface area (TPSA) is 35.5 Å². The fraction of sp³-hybridized carbons (Fsp3) is 0.917. The molecule has 0 spiro atoms. The van der Waals surface area contributed by atoms with E-state index in [0.717, 1.165) is 25.6 Å². The lowest BCUT2D eigenvalue weighted by molar-refractivity contribution is -0.126. The first-order valence-electron chi connectivity index (χ1n) is 6.17. The van der Waals surface area contributed by atoms with Gasteiger partial charge >= 0.3 is 7.12 Å². The van der Waals surface area contributed by atoms with Crippen molar-refractivity contribution in [2.45, 2.75) is 64.5 Å². The molecule has 0 atom stereocenters.